The van der Waals surface area contributed by atoms with Crippen LogP contribution in [-0.4, -0.2) is 156 Å². The molecular weight excluding hydrogens is 574 g/mol. The van der Waals surface area contributed by atoms with Crippen molar-refractivity contribution >= 4 is 23.9 Å². The summed E-state index contributed by atoms with van der Waals surface area (Å²) in [6.07, 6.45) is -1.79. The van der Waals surface area contributed by atoms with Crippen LogP contribution in [0.3, 0.4) is 0 Å². The highest BCUT2D eigenvalue weighted by molar-refractivity contribution is 5.72. The second kappa shape index (κ2) is 21.4. The summed E-state index contributed by atoms with van der Waals surface area (Å²) in [4.78, 5) is 43.6. The third kappa shape index (κ3) is 35.9. The molecule has 44 heavy (non-hydrogen) atoms. The molecule has 0 amide bonds. The van der Waals surface area contributed by atoms with Gasteiger partial charge >= 0.3 is 11.9 Å². The van der Waals surface area contributed by atoms with Crippen LogP contribution in [0.25, 0.3) is 0 Å². The summed E-state index contributed by atoms with van der Waals surface area (Å²) in [5.74, 6) is -3.21. The number of carboxylic acids is 2. The largest absolute Gasteiger partial charge is 0.550 e. The minimum atomic E-state index is -1.20. The maximum Gasteiger partial charge on any atom is 0.308 e. The zero-order chi connectivity index (χ0) is 35.6. The van der Waals surface area contributed by atoms with Gasteiger partial charge in [0.2, 0.25) is 0 Å². The summed E-state index contributed by atoms with van der Waals surface area (Å²) in [6.45, 7) is 12.5. The standard InChI is InChI=1S/C11H21NO4.C10H21NO3.C10H22NO3/c1-8(2)11(15)16-9(6-10(13)14)7-12(3,4)5;1-8(2)14-9(6-10(12)13)7-11(3,4)5;1-8(2)14-10(13)6-9(12)7-11(3,4)5/h8-9H,6-7H2,1-5H3;8-9H,6-7H2,1-5H3;8-9,12H,6-7H2,1-5H3/q;;+1. The van der Waals surface area contributed by atoms with Crippen molar-refractivity contribution < 1.29 is 62.2 Å². The number of likely N-dealkylation sites (N-methyl/N-ethyl adjacent to an activating group) is 3. The lowest BCUT2D eigenvalue weighted by atomic mass is 10.2. The van der Waals surface area contributed by atoms with Gasteiger partial charge in [0.05, 0.1) is 88.0 Å². The Morgan fingerprint density at radius 1 is 0.591 bits per heavy atom. The Hall–Kier alpha value is -2.32. The van der Waals surface area contributed by atoms with Crippen molar-refractivity contribution in [2.45, 2.75) is 91.3 Å². The summed E-state index contributed by atoms with van der Waals surface area (Å²) in [7, 11) is 17.7. The fourth-order valence-corrected chi connectivity index (χ4v) is 3.78. The number of aliphatic hydroxyl groups is 1. The molecule has 0 aromatic carbocycles. The highest BCUT2D eigenvalue weighted by Gasteiger charge is 2.24. The first-order valence-electron chi connectivity index (χ1n) is 15.1. The van der Waals surface area contributed by atoms with E-state index in [2.05, 4.69) is 0 Å². The topological polar surface area (TPSA) is 162 Å². The van der Waals surface area contributed by atoms with E-state index in [1.807, 2.05) is 77.3 Å². The number of carboxylic acid groups (broad SMARTS) is 2. The highest BCUT2D eigenvalue weighted by atomic mass is 16.5. The van der Waals surface area contributed by atoms with E-state index in [-0.39, 0.29) is 55.4 Å². The van der Waals surface area contributed by atoms with Gasteiger partial charge in [-0.2, -0.15) is 0 Å². The van der Waals surface area contributed by atoms with Crippen molar-refractivity contribution in [2.24, 2.45) is 5.92 Å². The van der Waals surface area contributed by atoms with Crippen molar-refractivity contribution in [2.75, 3.05) is 83.1 Å². The molecule has 0 saturated carbocycles. The molecule has 3 atom stereocenters. The molecule has 0 aliphatic heterocycles. The van der Waals surface area contributed by atoms with Gasteiger partial charge < -0.3 is 52.6 Å². The molecule has 13 nitrogen and oxygen atoms in total. The maximum absolute atomic E-state index is 11.4. The molecule has 0 rings (SSSR count). The minimum absolute atomic E-state index is 0.0340. The Balaban J connectivity index is -0.000000575. The molecule has 0 saturated heterocycles. The molecule has 13 heteroatoms. The van der Waals surface area contributed by atoms with Gasteiger partial charge in [-0.1, -0.05) is 13.8 Å². The van der Waals surface area contributed by atoms with E-state index >= 15 is 0 Å². The van der Waals surface area contributed by atoms with Crippen LogP contribution in [0.5, 0.6) is 0 Å². The van der Waals surface area contributed by atoms with Gasteiger partial charge in [0.1, 0.15) is 31.8 Å². The fraction of sp³-hybridized carbons (Fsp3) is 0.871. The molecule has 0 bridgehead atoms. The lowest BCUT2D eigenvalue weighted by Gasteiger charge is -2.30. The third-order valence-electron chi connectivity index (χ3n) is 5.04. The van der Waals surface area contributed by atoms with Crippen LogP contribution in [0.1, 0.15) is 60.8 Å². The first-order valence-corrected chi connectivity index (χ1v) is 15.1. The number of hydrogen-bond donors (Lipinski definition) is 1. The number of carbonyl (C=O) groups excluding carboxylic acids is 4. The third-order valence-corrected chi connectivity index (χ3v) is 5.04. The number of hydrogen-bond acceptors (Lipinski definition) is 10. The van der Waals surface area contributed by atoms with E-state index < -0.39 is 24.1 Å². The van der Waals surface area contributed by atoms with Gasteiger partial charge in [0.15, 0.2) is 6.10 Å². The van der Waals surface area contributed by atoms with Crippen LogP contribution < -0.4 is 10.2 Å². The van der Waals surface area contributed by atoms with Crippen molar-refractivity contribution in [3.8, 4) is 0 Å². The Kier molecular flexibility index (Phi) is 22.4. The molecule has 0 aromatic rings. The first kappa shape index (κ1) is 46.1. The quantitative estimate of drug-likeness (QED) is 0.161. The van der Waals surface area contributed by atoms with Gasteiger partial charge in [-0.05, 0) is 27.7 Å². The van der Waals surface area contributed by atoms with Crippen LogP contribution in [-0.2, 0) is 33.4 Å². The minimum Gasteiger partial charge on any atom is -0.550 e. The van der Waals surface area contributed by atoms with Gasteiger partial charge in [0, 0.05) is 24.8 Å². The monoisotopic (exact) mass is 638 g/mol. The van der Waals surface area contributed by atoms with Gasteiger partial charge in [-0.3, -0.25) is 9.59 Å². The molecular formula is C31H64N3O10+. The number of carbonyl (C=O) groups is 4. The van der Waals surface area contributed by atoms with E-state index in [0.29, 0.717) is 33.1 Å². The Bertz CT molecular complexity index is 841. The SMILES string of the molecule is CC(C)C(=O)OC(CC(=O)[O-])C[N+](C)(C)C.CC(C)OC(=O)CC(O)C[N+](C)(C)C.CC(C)OC(CC(=O)[O-])C[N+](C)(C)C. The highest BCUT2D eigenvalue weighted by Crippen LogP contribution is 2.09. The van der Waals surface area contributed by atoms with Crippen LogP contribution >= 0.6 is 0 Å². The number of aliphatic carboxylic acids is 2. The zero-order valence-corrected chi connectivity index (χ0v) is 30.2. The Morgan fingerprint density at radius 2 is 0.977 bits per heavy atom. The van der Waals surface area contributed by atoms with E-state index in [1.54, 1.807) is 27.7 Å². The average molecular weight is 639 g/mol. The second-order valence-electron chi connectivity index (χ2n) is 15.0. The summed E-state index contributed by atoms with van der Waals surface area (Å²) in [5.41, 5.74) is 0. The molecule has 0 heterocycles. The molecule has 0 aliphatic carbocycles. The van der Waals surface area contributed by atoms with Crippen LogP contribution in [0.4, 0.5) is 0 Å². The molecule has 0 radical (unpaired) electrons. The fourth-order valence-electron chi connectivity index (χ4n) is 3.78. The molecule has 0 aliphatic rings. The van der Waals surface area contributed by atoms with Crippen molar-refractivity contribution in [1.29, 1.82) is 0 Å². The van der Waals surface area contributed by atoms with Crippen molar-refractivity contribution in [1.82, 2.24) is 0 Å². The summed E-state index contributed by atoms with van der Waals surface area (Å²) >= 11 is 0. The Labute approximate surface area is 266 Å². The number of ether oxygens (including phenoxy) is 3. The Morgan fingerprint density at radius 3 is 1.30 bits per heavy atom. The van der Waals surface area contributed by atoms with E-state index in [1.165, 1.54) is 0 Å². The molecule has 0 fully saturated rings. The average Bonchev–Trinajstić information content (AvgIpc) is 2.68. The molecule has 3 unspecified atom stereocenters. The summed E-state index contributed by atoms with van der Waals surface area (Å²) in [6, 6.07) is 0. The second-order valence-corrected chi connectivity index (χ2v) is 15.0. The first-order chi connectivity index (χ1) is 19.5. The van der Waals surface area contributed by atoms with Gasteiger partial charge in [-0.15, -0.1) is 0 Å². The van der Waals surface area contributed by atoms with Crippen LogP contribution in [0.15, 0.2) is 0 Å². The predicted molar refractivity (Wildman–Crippen MR) is 165 cm³/mol. The maximum atomic E-state index is 11.4. The number of aliphatic hydroxyl groups excluding tert-OH is 1. The molecule has 0 spiro atoms. The lowest BCUT2D eigenvalue weighted by molar-refractivity contribution is -0.873. The van der Waals surface area contributed by atoms with Crippen molar-refractivity contribution in [3.63, 3.8) is 0 Å². The van der Waals surface area contributed by atoms with E-state index in [0.717, 1.165) is 0 Å². The molecule has 262 valence electrons. The van der Waals surface area contributed by atoms with Gasteiger partial charge in [0.25, 0.3) is 0 Å². The number of esters is 2. The summed E-state index contributed by atoms with van der Waals surface area (Å²) < 4.78 is 17.4. The normalized spacial score (nSPS) is 14.1. The van der Waals surface area contributed by atoms with Crippen molar-refractivity contribution in [3.05, 3.63) is 0 Å². The van der Waals surface area contributed by atoms with Gasteiger partial charge in [-0.25, -0.2) is 0 Å². The summed E-state index contributed by atoms with van der Waals surface area (Å²) in [5, 5.41) is 30.6. The predicted octanol–water partition coefficient (Wildman–Crippen LogP) is -0.578. The van der Waals surface area contributed by atoms with Crippen LogP contribution in [0.2, 0.25) is 0 Å². The smallest absolute Gasteiger partial charge is 0.308 e. The number of nitrogens with zero attached hydrogens (tertiary/aromatic N) is 3. The molecule has 0 aromatic heterocycles. The van der Waals surface area contributed by atoms with E-state index in [9.17, 15) is 34.5 Å². The number of quaternary nitrogens is 3. The van der Waals surface area contributed by atoms with Crippen LogP contribution in [0, 0.1) is 5.92 Å². The number of rotatable bonds is 17. The lowest BCUT2D eigenvalue weighted by Crippen LogP contribution is -2.45. The van der Waals surface area contributed by atoms with E-state index in [4.69, 9.17) is 14.2 Å². The molecule has 1 N–H and O–H groups in total. The zero-order valence-electron chi connectivity index (χ0n) is 30.2.